The number of nitrogens with one attached hydrogen (secondary N) is 2. The van der Waals surface area contributed by atoms with Crippen LogP contribution in [0.4, 0.5) is 4.79 Å². The van der Waals surface area contributed by atoms with Gasteiger partial charge in [0, 0.05) is 12.1 Å². The molecule has 0 radical (unpaired) electrons. The van der Waals surface area contributed by atoms with E-state index in [1.807, 2.05) is 6.92 Å². The first-order chi connectivity index (χ1) is 9.04. The Balaban J connectivity index is 1.64. The van der Waals surface area contributed by atoms with Gasteiger partial charge in [0.25, 0.3) is 0 Å². The summed E-state index contributed by atoms with van der Waals surface area (Å²) in [6.07, 6.45) is 6.53. The predicted molar refractivity (Wildman–Crippen MR) is 71.9 cm³/mol. The van der Waals surface area contributed by atoms with Gasteiger partial charge >= 0.3 is 12.0 Å². The number of urea groups is 1. The van der Waals surface area contributed by atoms with Crippen LogP contribution in [0.2, 0.25) is 0 Å². The van der Waals surface area contributed by atoms with Gasteiger partial charge in [0.15, 0.2) is 0 Å². The molecule has 108 valence electrons. The van der Waals surface area contributed by atoms with Crippen molar-refractivity contribution >= 4 is 12.0 Å². The minimum atomic E-state index is -0.707. The lowest BCUT2D eigenvalue weighted by Crippen LogP contribution is -2.46. The molecule has 2 amide bonds. The van der Waals surface area contributed by atoms with E-state index in [1.165, 1.54) is 12.8 Å². The molecule has 5 nitrogen and oxygen atoms in total. The van der Waals surface area contributed by atoms with E-state index in [-0.39, 0.29) is 24.0 Å². The van der Waals surface area contributed by atoms with Crippen molar-refractivity contribution in [3.63, 3.8) is 0 Å². The fourth-order valence-electron chi connectivity index (χ4n) is 2.85. The monoisotopic (exact) mass is 268 g/mol. The predicted octanol–water partition coefficient (Wildman–Crippen LogP) is 2.12. The molecule has 1 atom stereocenters. The molecule has 1 unspecified atom stereocenters. The SMILES string of the molecule is CC(CC1CC1)NC(=O)NC1CCC(C(=O)O)CC1. The van der Waals surface area contributed by atoms with Crippen molar-refractivity contribution in [3.05, 3.63) is 0 Å². The molecule has 0 aliphatic heterocycles. The number of carbonyl (C=O) groups is 2. The van der Waals surface area contributed by atoms with Crippen LogP contribution >= 0.6 is 0 Å². The number of hydrogen-bond donors (Lipinski definition) is 3. The zero-order valence-corrected chi connectivity index (χ0v) is 11.5. The summed E-state index contributed by atoms with van der Waals surface area (Å²) in [6.45, 7) is 2.04. The molecule has 2 aliphatic rings. The molecule has 5 heteroatoms. The van der Waals surface area contributed by atoms with Gasteiger partial charge in [-0.3, -0.25) is 4.79 Å². The van der Waals surface area contributed by atoms with Crippen molar-refractivity contribution in [3.8, 4) is 0 Å². The summed E-state index contributed by atoms with van der Waals surface area (Å²) in [7, 11) is 0. The van der Waals surface area contributed by atoms with Crippen LogP contribution in [0.3, 0.4) is 0 Å². The summed E-state index contributed by atoms with van der Waals surface area (Å²) in [5, 5.41) is 14.8. The largest absolute Gasteiger partial charge is 0.481 e. The fraction of sp³-hybridized carbons (Fsp3) is 0.857. The smallest absolute Gasteiger partial charge is 0.315 e. The number of rotatable bonds is 5. The van der Waals surface area contributed by atoms with Gasteiger partial charge < -0.3 is 15.7 Å². The molecule has 0 saturated heterocycles. The first-order valence-corrected chi connectivity index (χ1v) is 7.34. The van der Waals surface area contributed by atoms with Gasteiger partial charge in [0.1, 0.15) is 0 Å². The Morgan fingerprint density at radius 2 is 1.79 bits per heavy atom. The standard InChI is InChI=1S/C14H24N2O3/c1-9(8-10-2-3-10)15-14(19)16-12-6-4-11(5-7-12)13(17)18/h9-12H,2-8H2,1H3,(H,17,18)(H2,15,16,19). The second-order valence-electron chi connectivity index (χ2n) is 6.08. The minimum absolute atomic E-state index is 0.105. The third kappa shape index (κ3) is 4.73. The zero-order valence-electron chi connectivity index (χ0n) is 11.5. The molecule has 3 N–H and O–H groups in total. The average molecular weight is 268 g/mol. The second kappa shape index (κ2) is 6.26. The highest BCUT2D eigenvalue weighted by Crippen LogP contribution is 2.33. The maximum Gasteiger partial charge on any atom is 0.315 e. The van der Waals surface area contributed by atoms with E-state index in [0.29, 0.717) is 12.8 Å². The summed E-state index contributed by atoms with van der Waals surface area (Å²) >= 11 is 0. The maximum atomic E-state index is 11.8. The van der Waals surface area contributed by atoms with Crippen LogP contribution in [-0.4, -0.2) is 29.2 Å². The molecule has 0 aromatic rings. The minimum Gasteiger partial charge on any atom is -0.481 e. The number of carboxylic acids is 1. The lowest BCUT2D eigenvalue weighted by Gasteiger charge is -2.27. The summed E-state index contributed by atoms with van der Waals surface area (Å²) in [5.74, 6) is -0.128. The lowest BCUT2D eigenvalue weighted by molar-refractivity contribution is -0.142. The van der Waals surface area contributed by atoms with E-state index in [1.54, 1.807) is 0 Å². The summed E-state index contributed by atoms with van der Waals surface area (Å²) in [4.78, 5) is 22.6. The molecule has 0 aromatic carbocycles. The van der Waals surface area contributed by atoms with Crippen LogP contribution in [0.1, 0.15) is 51.9 Å². The van der Waals surface area contributed by atoms with Crippen molar-refractivity contribution < 1.29 is 14.7 Å². The van der Waals surface area contributed by atoms with Crippen LogP contribution in [0.25, 0.3) is 0 Å². The van der Waals surface area contributed by atoms with Crippen LogP contribution in [0.15, 0.2) is 0 Å². The molecular formula is C14H24N2O3. The summed E-state index contributed by atoms with van der Waals surface area (Å²) < 4.78 is 0. The van der Waals surface area contributed by atoms with Crippen LogP contribution in [0, 0.1) is 11.8 Å². The van der Waals surface area contributed by atoms with Gasteiger partial charge in [-0.1, -0.05) is 12.8 Å². The molecule has 19 heavy (non-hydrogen) atoms. The molecule has 2 saturated carbocycles. The van der Waals surface area contributed by atoms with Gasteiger partial charge in [-0.2, -0.15) is 0 Å². The lowest BCUT2D eigenvalue weighted by atomic mass is 9.86. The van der Waals surface area contributed by atoms with E-state index < -0.39 is 5.97 Å². The first kappa shape index (κ1) is 14.2. The number of amides is 2. The van der Waals surface area contributed by atoms with E-state index in [0.717, 1.165) is 25.2 Å². The molecule has 2 rings (SSSR count). The third-order valence-electron chi connectivity index (χ3n) is 4.17. The van der Waals surface area contributed by atoms with Gasteiger partial charge in [0.05, 0.1) is 5.92 Å². The maximum absolute atomic E-state index is 11.8. The van der Waals surface area contributed by atoms with Crippen molar-refractivity contribution in [2.24, 2.45) is 11.8 Å². The van der Waals surface area contributed by atoms with E-state index in [2.05, 4.69) is 10.6 Å². The topological polar surface area (TPSA) is 78.4 Å². The van der Waals surface area contributed by atoms with Gasteiger partial charge in [0.2, 0.25) is 0 Å². The molecule has 0 aromatic heterocycles. The van der Waals surface area contributed by atoms with Gasteiger partial charge in [-0.05, 0) is 44.9 Å². The quantitative estimate of drug-likeness (QED) is 0.714. The highest BCUT2D eigenvalue weighted by molar-refractivity contribution is 5.74. The molecule has 0 heterocycles. The Morgan fingerprint density at radius 3 is 2.32 bits per heavy atom. The summed E-state index contributed by atoms with van der Waals surface area (Å²) in [5.41, 5.74) is 0. The number of carboxylic acid groups (broad SMARTS) is 1. The molecule has 0 bridgehead atoms. The average Bonchev–Trinajstić information content (AvgIpc) is 3.13. The fourth-order valence-corrected chi connectivity index (χ4v) is 2.85. The Hall–Kier alpha value is -1.26. The number of hydrogen-bond acceptors (Lipinski definition) is 2. The van der Waals surface area contributed by atoms with Gasteiger partial charge in [-0.15, -0.1) is 0 Å². The Labute approximate surface area is 114 Å². The Bertz CT molecular complexity index is 334. The van der Waals surface area contributed by atoms with Gasteiger partial charge in [-0.25, -0.2) is 4.79 Å². The number of carbonyl (C=O) groups excluding carboxylic acids is 1. The second-order valence-corrected chi connectivity index (χ2v) is 6.08. The van der Waals surface area contributed by atoms with Crippen molar-refractivity contribution in [1.29, 1.82) is 0 Å². The Morgan fingerprint density at radius 1 is 1.16 bits per heavy atom. The van der Waals surface area contributed by atoms with E-state index in [4.69, 9.17) is 5.11 Å². The third-order valence-corrected chi connectivity index (χ3v) is 4.17. The molecule has 2 aliphatic carbocycles. The van der Waals surface area contributed by atoms with Crippen LogP contribution in [0.5, 0.6) is 0 Å². The highest BCUT2D eigenvalue weighted by atomic mass is 16.4. The van der Waals surface area contributed by atoms with Crippen LogP contribution < -0.4 is 10.6 Å². The van der Waals surface area contributed by atoms with Crippen molar-refractivity contribution in [2.75, 3.05) is 0 Å². The Kier molecular flexibility index (Phi) is 4.66. The van der Waals surface area contributed by atoms with E-state index in [9.17, 15) is 9.59 Å². The van der Waals surface area contributed by atoms with Crippen molar-refractivity contribution in [2.45, 2.75) is 64.0 Å². The first-order valence-electron chi connectivity index (χ1n) is 7.34. The highest BCUT2D eigenvalue weighted by Gasteiger charge is 2.27. The summed E-state index contributed by atoms with van der Waals surface area (Å²) in [6, 6.07) is 0.249. The molecule has 2 fully saturated rings. The van der Waals surface area contributed by atoms with Crippen molar-refractivity contribution in [1.82, 2.24) is 10.6 Å². The normalized spacial score (nSPS) is 28.5. The number of aliphatic carboxylic acids is 1. The zero-order chi connectivity index (χ0) is 13.8. The molecule has 0 spiro atoms. The molecular weight excluding hydrogens is 244 g/mol. The van der Waals surface area contributed by atoms with E-state index >= 15 is 0 Å². The van der Waals surface area contributed by atoms with Crippen LogP contribution in [-0.2, 0) is 4.79 Å².